The van der Waals surface area contributed by atoms with Gasteiger partial charge in [0.2, 0.25) is 0 Å². The van der Waals surface area contributed by atoms with Crippen LogP contribution in [0.15, 0.2) is 30.3 Å². The van der Waals surface area contributed by atoms with Gasteiger partial charge in [-0.15, -0.1) is 0 Å². The standard InChI is InChI=1S/C15H25O2P/c1-5-11-15(17-18-16,12-14(2,3)4)13-9-7-6-8-10-13/h6-10H,5,11-12,18H2,1-4H3. The molecule has 0 N–H and O–H groups in total. The average Bonchev–Trinajstić information content (AvgIpc) is 2.28. The van der Waals surface area contributed by atoms with Crippen LogP contribution >= 0.6 is 8.69 Å². The van der Waals surface area contributed by atoms with E-state index < -0.39 is 14.3 Å². The van der Waals surface area contributed by atoms with Crippen molar-refractivity contribution in [2.75, 3.05) is 0 Å². The predicted octanol–water partition coefficient (Wildman–Crippen LogP) is 4.81. The van der Waals surface area contributed by atoms with Crippen LogP contribution in [-0.2, 0) is 14.7 Å². The highest BCUT2D eigenvalue weighted by Gasteiger charge is 2.36. The molecular weight excluding hydrogens is 243 g/mol. The summed E-state index contributed by atoms with van der Waals surface area (Å²) in [6, 6.07) is 10.2. The molecule has 0 bridgehead atoms. The molecule has 0 aliphatic heterocycles. The molecule has 3 heteroatoms. The molecule has 0 saturated heterocycles. The van der Waals surface area contributed by atoms with Crippen molar-refractivity contribution in [2.24, 2.45) is 5.41 Å². The second-order valence-electron chi connectivity index (χ2n) is 6.06. The Morgan fingerprint density at radius 1 is 1.17 bits per heavy atom. The van der Waals surface area contributed by atoms with E-state index in [-0.39, 0.29) is 5.41 Å². The van der Waals surface area contributed by atoms with Crippen molar-refractivity contribution in [2.45, 2.75) is 52.6 Å². The highest BCUT2D eigenvalue weighted by molar-refractivity contribution is 7.17. The lowest BCUT2D eigenvalue weighted by molar-refractivity contribution is 0.0263. The lowest BCUT2D eigenvalue weighted by Gasteiger charge is -2.37. The number of benzene rings is 1. The van der Waals surface area contributed by atoms with Crippen LogP contribution in [0.3, 0.4) is 0 Å². The van der Waals surface area contributed by atoms with E-state index in [4.69, 9.17) is 4.52 Å². The van der Waals surface area contributed by atoms with Gasteiger partial charge in [0.1, 0.15) is 5.60 Å². The first-order valence-electron chi connectivity index (χ1n) is 6.60. The third-order valence-electron chi connectivity index (χ3n) is 3.04. The summed E-state index contributed by atoms with van der Waals surface area (Å²) in [6.45, 7) is 8.74. The molecule has 1 rings (SSSR count). The van der Waals surface area contributed by atoms with Crippen molar-refractivity contribution in [3.63, 3.8) is 0 Å². The molecule has 0 aliphatic carbocycles. The molecule has 18 heavy (non-hydrogen) atoms. The van der Waals surface area contributed by atoms with Crippen molar-refractivity contribution < 1.29 is 9.09 Å². The van der Waals surface area contributed by atoms with Crippen LogP contribution in [0.25, 0.3) is 0 Å². The molecule has 0 radical (unpaired) electrons. The topological polar surface area (TPSA) is 26.3 Å². The zero-order chi connectivity index (χ0) is 13.6. The number of hydrogen-bond donors (Lipinski definition) is 0. The molecule has 0 amide bonds. The fraction of sp³-hybridized carbons (Fsp3) is 0.600. The van der Waals surface area contributed by atoms with Crippen molar-refractivity contribution in [1.82, 2.24) is 0 Å². The normalized spacial score (nSPS) is 16.0. The Labute approximate surface area is 112 Å². The zero-order valence-electron chi connectivity index (χ0n) is 11.9. The molecule has 0 fully saturated rings. The summed E-state index contributed by atoms with van der Waals surface area (Å²) in [5.41, 5.74) is 0.885. The van der Waals surface area contributed by atoms with Crippen LogP contribution in [-0.4, -0.2) is 0 Å². The minimum Gasteiger partial charge on any atom is -0.321 e. The van der Waals surface area contributed by atoms with Gasteiger partial charge in [-0.1, -0.05) is 64.4 Å². The molecule has 102 valence electrons. The highest BCUT2D eigenvalue weighted by atomic mass is 31.1. The largest absolute Gasteiger partial charge is 0.321 e. The summed E-state index contributed by atoms with van der Waals surface area (Å²) in [6.07, 6.45) is 2.81. The Hall–Kier alpha value is -0.590. The van der Waals surface area contributed by atoms with Crippen LogP contribution in [0.1, 0.15) is 52.5 Å². The third-order valence-corrected chi connectivity index (χ3v) is 3.59. The monoisotopic (exact) mass is 268 g/mol. The molecule has 0 spiro atoms. The molecule has 1 aromatic carbocycles. The van der Waals surface area contributed by atoms with E-state index in [0.717, 1.165) is 24.8 Å². The van der Waals surface area contributed by atoms with Crippen LogP contribution < -0.4 is 0 Å². The van der Waals surface area contributed by atoms with E-state index in [1.54, 1.807) is 0 Å². The van der Waals surface area contributed by atoms with Crippen LogP contribution in [0.5, 0.6) is 0 Å². The highest BCUT2D eigenvalue weighted by Crippen LogP contribution is 2.43. The Morgan fingerprint density at radius 3 is 2.22 bits per heavy atom. The summed E-state index contributed by atoms with van der Waals surface area (Å²) in [5.74, 6) is 0. The van der Waals surface area contributed by atoms with Gasteiger partial charge in [0.15, 0.2) is 8.69 Å². The van der Waals surface area contributed by atoms with E-state index >= 15 is 0 Å². The third kappa shape index (κ3) is 4.26. The van der Waals surface area contributed by atoms with E-state index in [1.807, 2.05) is 18.2 Å². The fourth-order valence-corrected chi connectivity index (χ4v) is 3.12. The van der Waals surface area contributed by atoms with E-state index in [1.165, 1.54) is 0 Å². The van der Waals surface area contributed by atoms with E-state index in [9.17, 15) is 4.57 Å². The first-order chi connectivity index (χ1) is 8.43. The predicted molar refractivity (Wildman–Crippen MR) is 78.6 cm³/mol. The van der Waals surface area contributed by atoms with Gasteiger partial charge < -0.3 is 4.52 Å². The van der Waals surface area contributed by atoms with Gasteiger partial charge in [0, 0.05) is 0 Å². The molecule has 0 aromatic heterocycles. The quantitative estimate of drug-likeness (QED) is 0.692. The molecular formula is C15H25O2P. The van der Waals surface area contributed by atoms with Crippen LogP contribution in [0, 0.1) is 5.41 Å². The SMILES string of the molecule is CCCC(CC(C)(C)C)(O[PH2]=O)c1ccccc1. The van der Waals surface area contributed by atoms with Crippen molar-refractivity contribution >= 4 is 8.69 Å². The number of hydrogen-bond acceptors (Lipinski definition) is 2. The summed E-state index contributed by atoms with van der Waals surface area (Å²) in [7, 11) is -1.20. The zero-order valence-corrected chi connectivity index (χ0v) is 13.1. The Morgan fingerprint density at radius 2 is 1.78 bits per heavy atom. The van der Waals surface area contributed by atoms with Crippen molar-refractivity contribution in [3.8, 4) is 0 Å². The van der Waals surface area contributed by atoms with Gasteiger partial charge in [0.05, 0.1) is 0 Å². The maximum atomic E-state index is 11.1. The molecule has 1 aromatic rings. The Balaban J connectivity index is 3.16. The first kappa shape index (κ1) is 15.5. The number of rotatable bonds is 6. The molecule has 2 unspecified atom stereocenters. The van der Waals surface area contributed by atoms with Gasteiger partial charge in [0.25, 0.3) is 0 Å². The van der Waals surface area contributed by atoms with Gasteiger partial charge in [-0.3, -0.25) is 4.57 Å². The fourth-order valence-electron chi connectivity index (χ4n) is 2.60. The van der Waals surface area contributed by atoms with Crippen molar-refractivity contribution in [3.05, 3.63) is 35.9 Å². The summed E-state index contributed by atoms with van der Waals surface area (Å²) in [4.78, 5) is 0. The Kier molecular flexibility index (Phi) is 5.62. The van der Waals surface area contributed by atoms with Gasteiger partial charge in [-0.2, -0.15) is 0 Å². The first-order valence-corrected chi connectivity index (χ1v) is 7.55. The van der Waals surface area contributed by atoms with Crippen LogP contribution in [0.2, 0.25) is 0 Å². The second-order valence-corrected chi connectivity index (χ2v) is 6.49. The molecule has 0 saturated carbocycles. The smallest absolute Gasteiger partial charge is 0.180 e. The van der Waals surface area contributed by atoms with Crippen LogP contribution in [0.4, 0.5) is 0 Å². The van der Waals surface area contributed by atoms with E-state index in [0.29, 0.717) is 0 Å². The van der Waals surface area contributed by atoms with Gasteiger partial charge in [-0.05, 0) is 23.8 Å². The summed E-state index contributed by atoms with van der Waals surface area (Å²) < 4.78 is 16.9. The van der Waals surface area contributed by atoms with Crippen molar-refractivity contribution in [1.29, 1.82) is 0 Å². The second kappa shape index (κ2) is 6.54. The maximum absolute atomic E-state index is 11.1. The van der Waals surface area contributed by atoms with E-state index in [2.05, 4.69) is 39.8 Å². The Bertz CT molecular complexity index is 370. The molecule has 2 atom stereocenters. The maximum Gasteiger partial charge on any atom is 0.180 e. The molecule has 2 nitrogen and oxygen atoms in total. The molecule has 0 heterocycles. The summed E-state index contributed by atoms with van der Waals surface area (Å²) in [5, 5.41) is 0. The summed E-state index contributed by atoms with van der Waals surface area (Å²) >= 11 is 0. The van der Waals surface area contributed by atoms with Gasteiger partial charge >= 0.3 is 0 Å². The minimum atomic E-state index is -1.20. The molecule has 0 aliphatic rings. The van der Waals surface area contributed by atoms with Gasteiger partial charge in [-0.25, -0.2) is 0 Å². The average molecular weight is 268 g/mol. The lowest BCUT2D eigenvalue weighted by Crippen LogP contribution is -2.32. The lowest BCUT2D eigenvalue weighted by atomic mass is 9.76. The minimum absolute atomic E-state index is 0.139.